The van der Waals surface area contributed by atoms with Gasteiger partial charge in [-0.05, 0) is 59.8 Å². The Bertz CT molecular complexity index is 379. The highest BCUT2D eigenvalue weighted by atomic mass is 79.9. The Labute approximate surface area is 116 Å². The second kappa shape index (κ2) is 5.83. The van der Waals surface area contributed by atoms with Crippen LogP contribution in [0.3, 0.4) is 0 Å². The Morgan fingerprint density at radius 1 is 1.59 bits per heavy atom. The summed E-state index contributed by atoms with van der Waals surface area (Å²) in [7, 11) is 2.07. The molecule has 0 aliphatic carbocycles. The summed E-state index contributed by atoms with van der Waals surface area (Å²) in [5.41, 5.74) is 1.45. The van der Waals surface area contributed by atoms with Crippen LogP contribution in [-0.2, 0) is 4.74 Å². The van der Waals surface area contributed by atoms with Crippen LogP contribution in [-0.4, -0.2) is 20.3 Å². The number of ether oxygens (including phenoxy) is 1. The zero-order valence-corrected chi connectivity index (χ0v) is 13.0. The van der Waals surface area contributed by atoms with E-state index in [1.165, 1.54) is 14.2 Å². The second-order valence-electron chi connectivity index (χ2n) is 4.83. The molecule has 1 aliphatic rings. The van der Waals surface area contributed by atoms with Crippen LogP contribution in [0.4, 0.5) is 0 Å². The van der Waals surface area contributed by atoms with E-state index in [4.69, 9.17) is 4.74 Å². The summed E-state index contributed by atoms with van der Waals surface area (Å²) in [6, 6.07) is 2.72. The summed E-state index contributed by atoms with van der Waals surface area (Å²) in [5, 5.41) is 3.50. The molecule has 0 saturated carbocycles. The van der Waals surface area contributed by atoms with Crippen molar-refractivity contribution in [1.29, 1.82) is 0 Å². The Morgan fingerprint density at radius 2 is 2.35 bits per heavy atom. The molecular formula is C13H20BrNOS. The van der Waals surface area contributed by atoms with Gasteiger partial charge in [0.2, 0.25) is 0 Å². The summed E-state index contributed by atoms with van der Waals surface area (Å²) >= 11 is 5.41. The first-order chi connectivity index (χ1) is 8.13. The van der Waals surface area contributed by atoms with Crippen LogP contribution in [0, 0.1) is 18.8 Å². The average Bonchev–Trinajstić information content (AvgIpc) is 2.62. The standard InChI is InChI=1S/C13H20BrNOS/c1-8-7-16-5-4-10(8)13(15-3)11-6-12(14)17-9(11)2/h6,8,10,13,15H,4-5,7H2,1-3H3. The summed E-state index contributed by atoms with van der Waals surface area (Å²) in [5.74, 6) is 1.30. The molecule has 0 bridgehead atoms. The van der Waals surface area contributed by atoms with E-state index in [-0.39, 0.29) is 0 Å². The maximum absolute atomic E-state index is 5.54. The van der Waals surface area contributed by atoms with Crippen LogP contribution in [0.15, 0.2) is 9.85 Å². The van der Waals surface area contributed by atoms with E-state index in [0.29, 0.717) is 17.9 Å². The Kier molecular flexibility index (Phi) is 4.64. The number of thiophene rings is 1. The van der Waals surface area contributed by atoms with Gasteiger partial charge < -0.3 is 10.1 Å². The lowest BCUT2D eigenvalue weighted by Crippen LogP contribution is -2.35. The molecule has 96 valence electrons. The van der Waals surface area contributed by atoms with Gasteiger partial charge in [-0.3, -0.25) is 0 Å². The SMILES string of the molecule is CNC(c1cc(Br)sc1C)C1CCOCC1C. The molecule has 2 heterocycles. The third-order valence-corrected chi connectivity index (χ3v) is 5.28. The minimum atomic E-state index is 0.455. The van der Waals surface area contributed by atoms with Gasteiger partial charge in [0.25, 0.3) is 0 Å². The van der Waals surface area contributed by atoms with Gasteiger partial charge in [0.1, 0.15) is 0 Å². The first kappa shape index (κ1) is 13.5. The van der Waals surface area contributed by atoms with Crippen LogP contribution < -0.4 is 5.32 Å². The van der Waals surface area contributed by atoms with Gasteiger partial charge in [0.05, 0.1) is 3.79 Å². The van der Waals surface area contributed by atoms with Crippen molar-refractivity contribution in [2.45, 2.75) is 26.3 Å². The quantitative estimate of drug-likeness (QED) is 0.916. The van der Waals surface area contributed by atoms with Crippen LogP contribution in [0.1, 0.15) is 29.8 Å². The van der Waals surface area contributed by atoms with Crippen LogP contribution in [0.2, 0.25) is 0 Å². The lowest BCUT2D eigenvalue weighted by Gasteiger charge is -2.35. The van der Waals surface area contributed by atoms with Crippen molar-refractivity contribution in [1.82, 2.24) is 5.32 Å². The number of halogens is 1. The van der Waals surface area contributed by atoms with E-state index in [1.807, 2.05) is 11.3 Å². The van der Waals surface area contributed by atoms with E-state index in [1.54, 1.807) is 0 Å². The number of aryl methyl sites for hydroxylation is 1. The maximum atomic E-state index is 5.54. The highest BCUT2D eigenvalue weighted by molar-refractivity contribution is 9.11. The van der Waals surface area contributed by atoms with Crippen molar-refractivity contribution < 1.29 is 4.74 Å². The van der Waals surface area contributed by atoms with Crippen molar-refractivity contribution in [3.05, 3.63) is 20.3 Å². The Balaban J connectivity index is 2.23. The first-order valence-corrected chi connectivity index (χ1v) is 7.75. The molecular weight excluding hydrogens is 298 g/mol. The van der Waals surface area contributed by atoms with Crippen molar-refractivity contribution >= 4 is 27.3 Å². The highest BCUT2D eigenvalue weighted by Gasteiger charge is 2.31. The third-order valence-electron chi connectivity index (χ3n) is 3.71. The molecule has 0 spiro atoms. The van der Waals surface area contributed by atoms with E-state index in [9.17, 15) is 0 Å². The fourth-order valence-corrected chi connectivity index (χ4v) is 4.52. The molecule has 1 N–H and O–H groups in total. The molecule has 2 rings (SSSR count). The molecule has 2 nitrogen and oxygen atoms in total. The molecule has 17 heavy (non-hydrogen) atoms. The minimum absolute atomic E-state index is 0.455. The summed E-state index contributed by atoms with van der Waals surface area (Å²) < 4.78 is 6.77. The Hall–Kier alpha value is 0.1000. The largest absolute Gasteiger partial charge is 0.381 e. The van der Waals surface area contributed by atoms with E-state index < -0.39 is 0 Å². The number of nitrogens with one attached hydrogen (secondary N) is 1. The monoisotopic (exact) mass is 317 g/mol. The topological polar surface area (TPSA) is 21.3 Å². The van der Waals surface area contributed by atoms with E-state index >= 15 is 0 Å². The third kappa shape index (κ3) is 2.92. The zero-order chi connectivity index (χ0) is 12.4. The summed E-state index contributed by atoms with van der Waals surface area (Å²) in [6.45, 7) is 6.30. The van der Waals surface area contributed by atoms with E-state index in [0.717, 1.165) is 19.6 Å². The van der Waals surface area contributed by atoms with Crippen LogP contribution in [0.5, 0.6) is 0 Å². The van der Waals surface area contributed by atoms with Crippen molar-refractivity contribution in [3.63, 3.8) is 0 Å². The molecule has 1 saturated heterocycles. The summed E-state index contributed by atoms with van der Waals surface area (Å²) in [4.78, 5) is 1.41. The lowest BCUT2D eigenvalue weighted by atomic mass is 9.81. The number of hydrogen-bond donors (Lipinski definition) is 1. The molecule has 0 radical (unpaired) electrons. The van der Waals surface area contributed by atoms with Crippen molar-refractivity contribution in [2.75, 3.05) is 20.3 Å². The van der Waals surface area contributed by atoms with Crippen molar-refractivity contribution in [2.24, 2.45) is 11.8 Å². The van der Waals surface area contributed by atoms with Gasteiger partial charge >= 0.3 is 0 Å². The Morgan fingerprint density at radius 3 is 2.88 bits per heavy atom. The minimum Gasteiger partial charge on any atom is -0.381 e. The van der Waals surface area contributed by atoms with Gasteiger partial charge in [0.15, 0.2) is 0 Å². The lowest BCUT2D eigenvalue weighted by molar-refractivity contribution is 0.0115. The normalized spacial score (nSPS) is 27.1. The van der Waals surface area contributed by atoms with Crippen LogP contribution >= 0.6 is 27.3 Å². The number of hydrogen-bond acceptors (Lipinski definition) is 3. The predicted octanol–water partition coefficient (Wildman–Crippen LogP) is 3.75. The predicted molar refractivity (Wildman–Crippen MR) is 76.6 cm³/mol. The molecule has 0 aromatic carbocycles. The summed E-state index contributed by atoms with van der Waals surface area (Å²) in [6.07, 6.45) is 1.15. The van der Waals surface area contributed by atoms with E-state index in [2.05, 4.69) is 48.2 Å². The fraction of sp³-hybridized carbons (Fsp3) is 0.692. The van der Waals surface area contributed by atoms with Crippen LogP contribution in [0.25, 0.3) is 0 Å². The van der Waals surface area contributed by atoms with Gasteiger partial charge in [-0.1, -0.05) is 6.92 Å². The maximum Gasteiger partial charge on any atom is 0.0704 e. The average molecular weight is 318 g/mol. The molecule has 1 aromatic rings. The fourth-order valence-electron chi connectivity index (χ4n) is 2.76. The van der Waals surface area contributed by atoms with Crippen molar-refractivity contribution in [3.8, 4) is 0 Å². The second-order valence-corrected chi connectivity index (χ2v) is 7.47. The molecule has 1 aromatic heterocycles. The van der Waals surface area contributed by atoms with Gasteiger partial charge in [0, 0.05) is 24.1 Å². The number of rotatable bonds is 3. The van der Waals surface area contributed by atoms with Gasteiger partial charge in [-0.25, -0.2) is 0 Å². The molecule has 1 fully saturated rings. The van der Waals surface area contributed by atoms with Gasteiger partial charge in [-0.15, -0.1) is 11.3 Å². The molecule has 3 unspecified atom stereocenters. The first-order valence-electron chi connectivity index (χ1n) is 6.14. The zero-order valence-electron chi connectivity index (χ0n) is 10.6. The molecule has 4 heteroatoms. The molecule has 3 atom stereocenters. The smallest absolute Gasteiger partial charge is 0.0704 e. The highest BCUT2D eigenvalue weighted by Crippen LogP contribution is 2.38. The molecule has 1 aliphatic heterocycles. The molecule has 0 amide bonds. The van der Waals surface area contributed by atoms with Gasteiger partial charge in [-0.2, -0.15) is 0 Å².